The number of fused-ring (bicyclic) bond motifs is 1. The van der Waals surface area contributed by atoms with Gasteiger partial charge in [-0.05, 0) is 49.1 Å². The lowest BCUT2D eigenvalue weighted by molar-refractivity contribution is -0.137. The van der Waals surface area contributed by atoms with Gasteiger partial charge in [0.1, 0.15) is 5.82 Å². The van der Waals surface area contributed by atoms with Crippen molar-refractivity contribution >= 4 is 38.5 Å². The number of urea groups is 1. The molecular weight excluding hydrogens is 451 g/mol. The van der Waals surface area contributed by atoms with Crippen LogP contribution in [-0.2, 0) is 12.6 Å². The summed E-state index contributed by atoms with van der Waals surface area (Å²) in [5, 5.41) is 3.37. The van der Waals surface area contributed by atoms with Crippen LogP contribution in [0.4, 0.5) is 28.9 Å². The Balaban J connectivity index is 1.44. The van der Waals surface area contributed by atoms with Gasteiger partial charge in [0, 0.05) is 31.9 Å². The van der Waals surface area contributed by atoms with Crippen LogP contribution in [0.3, 0.4) is 0 Å². The van der Waals surface area contributed by atoms with Gasteiger partial charge in [0.15, 0.2) is 5.13 Å². The minimum atomic E-state index is -4.48. The number of hydrogen-bond donors (Lipinski definition) is 1. The van der Waals surface area contributed by atoms with Gasteiger partial charge in [-0.2, -0.15) is 13.2 Å². The number of nitrogens with one attached hydrogen (secondary N) is 1. The van der Waals surface area contributed by atoms with Crippen LogP contribution >= 0.6 is 11.3 Å². The smallest absolute Gasteiger partial charge is 0.352 e. The molecule has 176 valence electrons. The number of piperazine rings is 1. The van der Waals surface area contributed by atoms with E-state index in [4.69, 9.17) is 0 Å². The highest BCUT2D eigenvalue weighted by Crippen LogP contribution is 2.36. The van der Waals surface area contributed by atoms with Gasteiger partial charge >= 0.3 is 12.2 Å². The highest BCUT2D eigenvalue weighted by molar-refractivity contribution is 7.22. The van der Waals surface area contributed by atoms with Crippen LogP contribution in [0.2, 0.25) is 0 Å². The predicted molar refractivity (Wildman–Crippen MR) is 125 cm³/mol. The first-order chi connectivity index (χ1) is 15.6. The molecular formula is C23H26F3N5OS. The molecule has 1 aromatic carbocycles. The van der Waals surface area contributed by atoms with Gasteiger partial charge in [0.25, 0.3) is 0 Å². The molecule has 3 heterocycles. The lowest BCUT2D eigenvalue weighted by Crippen LogP contribution is -2.55. The Morgan fingerprint density at radius 2 is 2.06 bits per heavy atom. The van der Waals surface area contributed by atoms with E-state index in [2.05, 4.69) is 41.3 Å². The molecule has 2 aromatic heterocycles. The van der Waals surface area contributed by atoms with Crippen LogP contribution in [0.1, 0.15) is 31.9 Å². The Kier molecular flexibility index (Phi) is 6.47. The first kappa shape index (κ1) is 23.3. The number of alkyl halides is 3. The van der Waals surface area contributed by atoms with Crippen LogP contribution in [-0.4, -0.2) is 46.6 Å². The molecule has 0 bridgehead atoms. The molecule has 10 heteroatoms. The standard InChI is InChI=1S/C23H26F3N5OS/c1-14(2)11-16-6-7-18-19(12-16)33-21(28-18)29-22(32)31-10-9-30(13-15(31)3)20-17(23(24,25)26)5-4-8-27-20/h4-8,12,14-15H,9-11,13H2,1-3H3,(H,28,29,32)/t15-/m1/s1. The molecule has 0 saturated carbocycles. The maximum atomic E-state index is 13.4. The maximum absolute atomic E-state index is 13.4. The van der Waals surface area contributed by atoms with Gasteiger partial charge in [-0.3, -0.25) is 5.32 Å². The molecule has 4 rings (SSSR count). The van der Waals surface area contributed by atoms with E-state index in [-0.39, 0.29) is 37.5 Å². The van der Waals surface area contributed by atoms with E-state index in [0.717, 1.165) is 22.7 Å². The zero-order chi connectivity index (χ0) is 23.8. The summed E-state index contributed by atoms with van der Waals surface area (Å²) in [6.45, 7) is 6.95. The van der Waals surface area contributed by atoms with Crippen LogP contribution < -0.4 is 10.2 Å². The van der Waals surface area contributed by atoms with E-state index in [1.54, 1.807) is 9.80 Å². The van der Waals surface area contributed by atoms with Gasteiger partial charge < -0.3 is 9.80 Å². The highest BCUT2D eigenvalue weighted by atomic mass is 32.1. The number of amides is 2. The topological polar surface area (TPSA) is 61.4 Å². The maximum Gasteiger partial charge on any atom is 0.419 e. The molecule has 1 saturated heterocycles. The molecule has 3 aromatic rings. The number of halogens is 3. The first-order valence-electron chi connectivity index (χ1n) is 10.9. The Hall–Kier alpha value is -2.88. The van der Waals surface area contributed by atoms with Gasteiger partial charge in [-0.15, -0.1) is 0 Å². The molecule has 33 heavy (non-hydrogen) atoms. The van der Waals surface area contributed by atoms with Crippen molar-refractivity contribution in [3.63, 3.8) is 0 Å². The molecule has 0 spiro atoms. The number of aromatic nitrogens is 2. The van der Waals surface area contributed by atoms with Crippen molar-refractivity contribution in [2.75, 3.05) is 29.9 Å². The second-order valence-electron chi connectivity index (χ2n) is 8.71. The Bertz CT molecular complexity index is 1150. The molecule has 1 aliphatic rings. The van der Waals surface area contributed by atoms with E-state index in [1.165, 1.54) is 29.2 Å². The molecule has 1 fully saturated rings. The number of pyridine rings is 1. The first-order valence-corrected chi connectivity index (χ1v) is 11.7. The lowest BCUT2D eigenvalue weighted by atomic mass is 10.0. The Morgan fingerprint density at radius 1 is 1.27 bits per heavy atom. The molecule has 1 aliphatic heterocycles. The fourth-order valence-electron chi connectivity index (χ4n) is 4.11. The molecule has 1 atom stereocenters. The fraction of sp³-hybridized carbons (Fsp3) is 0.435. The molecule has 0 unspecified atom stereocenters. The third kappa shape index (κ3) is 5.21. The number of hydrogen-bond acceptors (Lipinski definition) is 5. The molecule has 0 radical (unpaired) electrons. The van der Waals surface area contributed by atoms with Crippen molar-refractivity contribution in [3.8, 4) is 0 Å². The number of carbonyl (C=O) groups is 1. The van der Waals surface area contributed by atoms with Gasteiger partial charge in [0.05, 0.1) is 15.8 Å². The van der Waals surface area contributed by atoms with Crippen molar-refractivity contribution in [1.29, 1.82) is 0 Å². The lowest BCUT2D eigenvalue weighted by Gasteiger charge is -2.40. The molecule has 0 aliphatic carbocycles. The Morgan fingerprint density at radius 3 is 2.76 bits per heavy atom. The number of rotatable bonds is 4. The van der Waals surface area contributed by atoms with Crippen LogP contribution in [0.5, 0.6) is 0 Å². The van der Waals surface area contributed by atoms with Crippen molar-refractivity contribution in [2.24, 2.45) is 5.92 Å². The van der Waals surface area contributed by atoms with Crippen molar-refractivity contribution < 1.29 is 18.0 Å². The third-order valence-electron chi connectivity index (χ3n) is 5.59. The van der Waals surface area contributed by atoms with E-state index in [9.17, 15) is 18.0 Å². The second-order valence-corrected chi connectivity index (χ2v) is 9.74. The average molecular weight is 478 g/mol. The molecule has 6 nitrogen and oxygen atoms in total. The minimum absolute atomic E-state index is 0.0970. The summed E-state index contributed by atoms with van der Waals surface area (Å²) in [4.78, 5) is 24.6. The third-order valence-corrected chi connectivity index (χ3v) is 6.52. The average Bonchev–Trinajstić information content (AvgIpc) is 3.14. The van der Waals surface area contributed by atoms with E-state index in [1.807, 2.05) is 13.0 Å². The number of thiazole rings is 1. The summed E-state index contributed by atoms with van der Waals surface area (Å²) >= 11 is 1.42. The second kappa shape index (κ2) is 9.17. The van der Waals surface area contributed by atoms with Gasteiger partial charge in [0.2, 0.25) is 0 Å². The summed E-state index contributed by atoms with van der Waals surface area (Å²) in [6.07, 6.45) is -2.15. The minimum Gasteiger partial charge on any atom is -0.352 e. The predicted octanol–water partition coefficient (Wildman–Crippen LogP) is 5.65. The summed E-state index contributed by atoms with van der Waals surface area (Å²) in [7, 11) is 0. The number of anilines is 2. The highest BCUT2D eigenvalue weighted by Gasteiger charge is 2.37. The van der Waals surface area contributed by atoms with E-state index >= 15 is 0 Å². The Labute approximate surface area is 194 Å². The van der Waals surface area contributed by atoms with E-state index < -0.39 is 11.7 Å². The largest absolute Gasteiger partial charge is 0.419 e. The number of nitrogens with zero attached hydrogens (tertiary/aromatic N) is 4. The van der Waals surface area contributed by atoms with Crippen molar-refractivity contribution in [1.82, 2.24) is 14.9 Å². The summed E-state index contributed by atoms with van der Waals surface area (Å²) in [5.41, 5.74) is 1.30. The van der Waals surface area contributed by atoms with Crippen LogP contribution in [0.15, 0.2) is 36.5 Å². The molecule has 1 N–H and O–H groups in total. The summed E-state index contributed by atoms with van der Waals surface area (Å²) < 4.78 is 41.1. The summed E-state index contributed by atoms with van der Waals surface area (Å²) in [5.74, 6) is 0.452. The molecule has 2 amide bonds. The van der Waals surface area contributed by atoms with Crippen LogP contribution in [0, 0.1) is 5.92 Å². The van der Waals surface area contributed by atoms with E-state index in [0.29, 0.717) is 11.0 Å². The summed E-state index contributed by atoms with van der Waals surface area (Å²) in [6, 6.07) is 7.84. The zero-order valence-corrected chi connectivity index (χ0v) is 19.5. The zero-order valence-electron chi connectivity index (χ0n) is 18.7. The van der Waals surface area contributed by atoms with Crippen molar-refractivity contribution in [2.45, 2.75) is 39.4 Å². The van der Waals surface area contributed by atoms with Crippen molar-refractivity contribution in [3.05, 3.63) is 47.7 Å². The number of benzene rings is 1. The fourth-order valence-corrected chi connectivity index (χ4v) is 5.03. The quantitative estimate of drug-likeness (QED) is 0.527. The van der Waals surface area contributed by atoms with Gasteiger partial charge in [-0.1, -0.05) is 31.3 Å². The normalized spacial score (nSPS) is 17.1. The van der Waals surface area contributed by atoms with Crippen LogP contribution in [0.25, 0.3) is 10.2 Å². The number of carbonyl (C=O) groups excluding carboxylic acids is 1. The monoisotopic (exact) mass is 477 g/mol. The SMILES string of the molecule is CC(C)Cc1ccc2nc(NC(=O)N3CCN(c4ncccc4C(F)(F)F)C[C@H]3C)sc2c1. The van der Waals surface area contributed by atoms with Gasteiger partial charge in [-0.25, -0.2) is 14.8 Å².